The smallest absolute Gasteiger partial charge is 0.408 e. The molecule has 0 radical (unpaired) electrons. The number of rotatable bonds is 7. The summed E-state index contributed by atoms with van der Waals surface area (Å²) >= 11 is 6.14. The fourth-order valence-electron chi connectivity index (χ4n) is 3.72. The number of carboxylic acid groups (broad SMARTS) is 1. The number of hydrogen-bond donors (Lipinski definition) is 1. The van der Waals surface area contributed by atoms with E-state index in [9.17, 15) is 18.3 Å². The molecule has 10 nitrogen and oxygen atoms in total. The number of sulfonamides is 1. The molecule has 0 fully saturated rings. The molecule has 0 spiro atoms. The van der Waals surface area contributed by atoms with Crippen LogP contribution in [0.5, 0.6) is 0 Å². The van der Waals surface area contributed by atoms with Crippen LogP contribution in [0.4, 0.5) is 10.6 Å². The number of halogens is 1. The van der Waals surface area contributed by atoms with Crippen LogP contribution in [0, 0.1) is 0 Å². The van der Waals surface area contributed by atoms with E-state index in [0.717, 1.165) is 16.1 Å². The third-order valence-corrected chi connectivity index (χ3v) is 6.92. The number of carbonyl (C=O) groups is 1. The maximum Gasteiger partial charge on any atom is 0.408 e. The molecule has 1 unspecified atom stereocenters. The predicted octanol–water partition coefficient (Wildman–Crippen LogP) is 4.80. The van der Waals surface area contributed by atoms with Gasteiger partial charge in [-0.05, 0) is 38.5 Å². The molecule has 2 atom stereocenters. The fourth-order valence-corrected chi connectivity index (χ4v) is 4.36. The minimum Gasteiger partial charge on any atom is -0.465 e. The molecule has 2 aromatic heterocycles. The minimum absolute atomic E-state index is 0.0313. The van der Waals surface area contributed by atoms with Gasteiger partial charge in [0.1, 0.15) is 17.0 Å². The summed E-state index contributed by atoms with van der Waals surface area (Å²) in [5.74, 6) is -0.102. The van der Waals surface area contributed by atoms with Crippen molar-refractivity contribution in [2.24, 2.45) is 0 Å². The van der Waals surface area contributed by atoms with Crippen LogP contribution in [0.3, 0.4) is 0 Å². The van der Waals surface area contributed by atoms with Gasteiger partial charge in [0, 0.05) is 24.1 Å². The van der Waals surface area contributed by atoms with Crippen LogP contribution >= 0.6 is 11.6 Å². The average molecular weight is 522 g/mol. The maximum atomic E-state index is 12.4. The van der Waals surface area contributed by atoms with Crippen molar-refractivity contribution in [2.75, 3.05) is 17.6 Å². The zero-order valence-corrected chi connectivity index (χ0v) is 21.9. The van der Waals surface area contributed by atoms with E-state index in [1.54, 1.807) is 20.8 Å². The van der Waals surface area contributed by atoms with E-state index in [0.29, 0.717) is 5.56 Å². The number of amides is 1. The second-order valence-corrected chi connectivity index (χ2v) is 11.6. The third-order valence-electron chi connectivity index (χ3n) is 5.55. The molecule has 0 saturated carbocycles. The van der Waals surface area contributed by atoms with Gasteiger partial charge in [-0.1, -0.05) is 48.9 Å². The highest BCUT2D eigenvalue weighted by Crippen LogP contribution is 2.40. The highest BCUT2D eigenvalue weighted by molar-refractivity contribution is 7.92. The molecule has 3 rings (SSSR count). The fraction of sp³-hybridized carbons (Fsp3) is 0.391. The number of benzene rings is 1. The summed E-state index contributed by atoms with van der Waals surface area (Å²) in [6.45, 7) is 7.27. The van der Waals surface area contributed by atoms with Crippen LogP contribution in [-0.2, 0) is 10.0 Å². The topological polar surface area (TPSA) is 130 Å². The Morgan fingerprint density at radius 1 is 1.14 bits per heavy atom. The number of hydrogen-bond acceptors (Lipinski definition) is 7. The van der Waals surface area contributed by atoms with Crippen molar-refractivity contribution in [1.29, 1.82) is 0 Å². The Balaban J connectivity index is 2.12. The molecule has 35 heavy (non-hydrogen) atoms. The van der Waals surface area contributed by atoms with E-state index in [1.165, 1.54) is 24.1 Å². The van der Waals surface area contributed by atoms with Crippen LogP contribution in [0.2, 0.25) is 5.15 Å². The third kappa shape index (κ3) is 5.91. The lowest BCUT2D eigenvalue weighted by Gasteiger charge is -2.40. The first-order chi connectivity index (χ1) is 16.2. The van der Waals surface area contributed by atoms with Gasteiger partial charge in [0.15, 0.2) is 0 Å². The second kappa shape index (κ2) is 9.82. The molecule has 0 aliphatic carbocycles. The number of aromatic nitrogens is 3. The molecule has 1 aromatic carbocycles. The summed E-state index contributed by atoms with van der Waals surface area (Å²) in [4.78, 5) is 17.7. The number of anilines is 1. The van der Waals surface area contributed by atoms with E-state index in [4.69, 9.17) is 16.0 Å². The van der Waals surface area contributed by atoms with Gasteiger partial charge in [-0.3, -0.25) is 9.21 Å². The summed E-state index contributed by atoms with van der Waals surface area (Å²) in [7, 11) is -2.24. The van der Waals surface area contributed by atoms with Crippen LogP contribution in [0.1, 0.15) is 51.1 Å². The SMILES string of the molecule is CC(c1ccccc1)[C@H](c1nnc(-c2cc(Cl)nc(N(C)S(C)(=O)=O)c2)o1)N(C(=O)O)C(C)(C)C. The number of nitrogens with zero attached hydrogens (tertiary/aromatic N) is 5. The summed E-state index contributed by atoms with van der Waals surface area (Å²) in [6, 6.07) is 11.6. The van der Waals surface area contributed by atoms with Crippen molar-refractivity contribution in [3.05, 3.63) is 59.1 Å². The molecule has 1 N–H and O–H groups in total. The van der Waals surface area contributed by atoms with Gasteiger partial charge < -0.3 is 9.52 Å². The van der Waals surface area contributed by atoms with E-state index in [1.807, 2.05) is 37.3 Å². The maximum absolute atomic E-state index is 12.4. The Bertz CT molecular complexity index is 1310. The van der Waals surface area contributed by atoms with E-state index in [-0.39, 0.29) is 28.7 Å². The van der Waals surface area contributed by atoms with Gasteiger partial charge in [-0.25, -0.2) is 18.2 Å². The summed E-state index contributed by atoms with van der Waals surface area (Å²) < 4.78 is 30.9. The lowest BCUT2D eigenvalue weighted by atomic mass is 9.89. The van der Waals surface area contributed by atoms with Gasteiger partial charge in [0.05, 0.1) is 6.26 Å². The zero-order chi connectivity index (χ0) is 26.1. The highest BCUT2D eigenvalue weighted by Gasteiger charge is 2.41. The summed E-state index contributed by atoms with van der Waals surface area (Å²) in [6.07, 6.45) is -0.0862. The van der Waals surface area contributed by atoms with Crippen molar-refractivity contribution >= 4 is 33.5 Å². The zero-order valence-electron chi connectivity index (χ0n) is 20.3. The minimum atomic E-state index is -3.59. The average Bonchev–Trinajstić information content (AvgIpc) is 3.24. The largest absolute Gasteiger partial charge is 0.465 e. The Labute approximate surface area is 209 Å². The molecule has 1 amide bonds. The Kier molecular flexibility index (Phi) is 7.42. The monoisotopic (exact) mass is 521 g/mol. The molecular formula is C23H28ClN5O5S. The molecule has 0 aliphatic rings. The molecular weight excluding hydrogens is 494 g/mol. The normalized spacial score (nSPS) is 13.8. The number of pyridine rings is 1. The van der Waals surface area contributed by atoms with E-state index >= 15 is 0 Å². The van der Waals surface area contributed by atoms with Crippen molar-refractivity contribution in [3.63, 3.8) is 0 Å². The van der Waals surface area contributed by atoms with Crippen molar-refractivity contribution in [3.8, 4) is 11.5 Å². The summed E-state index contributed by atoms with van der Waals surface area (Å²) in [5.41, 5.74) is 0.467. The Morgan fingerprint density at radius 3 is 2.31 bits per heavy atom. The first kappa shape index (κ1) is 26.4. The van der Waals surface area contributed by atoms with Crippen LogP contribution in [-0.4, -0.2) is 58.5 Å². The van der Waals surface area contributed by atoms with Crippen LogP contribution in [0.25, 0.3) is 11.5 Å². The molecule has 2 heterocycles. The molecule has 0 saturated heterocycles. The van der Waals surface area contributed by atoms with Crippen LogP contribution < -0.4 is 4.31 Å². The lowest BCUT2D eigenvalue weighted by molar-refractivity contribution is 0.0518. The first-order valence-corrected chi connectivity index (χ1v) is 12.9. The Morgan fingerprint density at radius 2 is 1.77 bits per heavy atom. The van der Waals surface area contributed by atoms with Crippen molar-refractivity contribution < 1.29 is 22.7 Å². The predicted molar refractivity (Wildman–Crippen MR) is 133 cm³/mol. The quantitative estimate of drug-likeness (QED) is 0.438. The van der Waals surface area contributed by atoms with Gasteiger partial charge in [0.2, 0.25) is 21.8 Å². The molecule has 3 aromatic rings. The highest BCUT2D eigenvalue weighted by atomic mass is 35.5. The van der Waals surface area contributed by atoms with E-state index in [2.05, 4.69) is 15.2 Å². The molecule has 188 valence electrons. The van der Waals surface area contributed by atoms with E-state index < -0.39 is 27.7 Å². The lowest BCUT2D eigenvalue weighted by Crippen LogP contribution is -2.48. The van der Waals surface area contributed by atoms with Gasteiger partial charge >= 0.3 is 6.09 Å². The van der Waals surface area contributed by atoms with Gasteiger partial charge in [-0.15, -0.1) is 10.2 Å². The Hall–Kier alpha value is -3.18. The second-order valence-electron chi connectivity index (χ2n) is 9.18. The molecule has 0 bridgehead atoms. The van der Waals surface area contributed by atoms with Gasteiger partial charge in [0.25, 0.3) is 0 Å². The van der Waals surface area contributed by atoms with Crippen molar-refractivity contribution in [1.82, 2.24) is 20.1 Å². The van der Waals surface area contributed by atoms with Crippen molar-refractivity contribution in [2.45, 2.75) is 45.2 Å². The summed E-state index contributed by atoms with van der Waals surface area (Å²) in [5, 5.41) is 18.5. The standard InChI is InChI=1S/C23H28ClN5O5S/c1-14(15-10-8-7-9-11-15)19(29(22(30)31)23(2,3)4)21-27-26-20(34-21)16-12-17(24)25-18(13-16)28(5)35(6,32)33/h7-14,19H,1-6H3,(H,30,31)/t14?,19-/m1/s1. The molecule has 0 aliphatic heterocycles. The van der Waals surface area contributed by atoms with Gasteiger partial charge in [-0.2, -0.15) is 0 Å². The molecule has 12 heteroatoms. The van der Waals surface area contributed by atoms with Crippen LogP contribution in [0.15, 0.2) is 46.9 Å². The first-order valence-electron chi connectivity index (χ1n) is 10.7.